The minimum Gasteiger partial charge on any atom is -1.00 e. The monoisotopic (exact) mass is 908 g/mol. The number of rotatable bonds is 12. The highest BCUT2D eigenvalue weighted by Crippen LogP contribution is 2.43. The van der Waals surface area contributed by atoms with E-state index in [2.05, 4.69) is 171 Å². The maximum Gasteiger partial charge on any atom is 0.0827 e. The SMILES string of the molecule is CC1(C)c2ccc([nH]2)C2(C)CCc3cn(nn3)CCCn3cc(nn3)CCC(C)(c3ccc1[nH]3)c1ccc([nH]1)C(C)(C)c1ccc2[nH]1.CCCC[N+](CCCC)(CCCC)CCCC.[Cl-]. The van der Waals surface area contributed by atoms with E-state index >= 15 is 0 Å². The van der Waals surface area contributed by atoms with Gasteiger partial charge >= 0.3 is 0 Å². The molecule has 0 aliphatic carbocycles. The molecule has 6 aromatic rings. The Hall–Kier alpha value is -4.35. The molecule has 0 amide bonds. The highest BCUT2D eigenvalue weighted by molar-refractivity contribution is 5.44. The fourth-order valence-corrected chi connectivity index (χ4v) is 10.4. The number of unbranched alkanes of at least 4 members (excludes halogenated alkanes) is 4. The van der Waals surface area contributed by atoms with E-state index in [1.165, 1.54) is 128 Å². The smallest absolute Gasteiger partial charge is 0.0827 e. The summed E-state index contributed by atoms with van der Waals surface area (Å²) < 4.78 is 5.35. The van der Waals surface area contributed by atoms with E-state index in [1.807, 2.05) is 9.36 Å². The van der Waals surface area contributed by atoms with Gasteiger partial charge in [-0.15, -0.1) is 10.2 Å². The third-order valence-electron chi connectivity index (χ3n) is 15.5. The predicted octanol–water partition coefficient (Wildman–Crippen LogP) is 8.44. The number of aromatic nitrogens is 10. The molecule has 0 fully saturated rings. The molecule has 6 aromatic heterocycles. The molecule has 9 rings (SSSR count). The minimum absolute atomic E-state index is 0. The molecular weight excluding hydrogens is 826 g/mol. The maximum absolute atomic E-state index is 4.58. The summed E-state index contributed by atoms with van der Waals surface area (Å²) in [6.45, 7) is 30.5. The number of fused-ring (bicyclic) bond motifs is 4. The van der Waals surface area contributed by atoms with Gasteiger partial charge in [-0.3, -0.25) is 9.36 Å². The molecule has 4 N–H and O–H groups in total. The average Bonchev–Trinajstić information content (AvgIpc) is 4.15. The summed E-state index contributed by atoms with van der Waals surface area (Å²) in [5.74, 6) is 0. The van der Waals surface area contributed by atoms with Gasteiger partial charge in [0.25, 0.3) is 0 Å². The van der Waals surface area contributed by atoms with Crippen LogP contribution in [0, 0.1) is 0 Å². The number of nitrogens with zero attached hydrogens (tertiary/aromatic N) is 7. The molecule has 0 atom stereocenters. The third kappa shape index (κ3) is 10.8. The number of quaternary nitrogens is 1. The highest BCUT2D eigenvalue weighted by Gasteiger charge is 2.39. The van der Waals surface area contributed by atoms with E-state index in [-0.39, 0.29) is 34.1 Å². The number of hydrogen-bond acceptors (Lipinski definition) is 4. The van der Waals surface area contributed by atoms with Crippen molar-refractivity contribution < 1.29 is 16.9 Å². The number of H-pyrrole nitrogens is 4. The zero-order valence-electron chi connectivity index (χ0n) is 41.7. The summed E-state index contributed by atoms with van der Waals surface area (Å²) in [5, 5.41) is 18.1. The van der Waals surface area contributed by atoms with E-state index in [1.54, 1.807) is 0 Å². The van der Waals surface area contributed by atoms with E-state index in [0.717, 1.165) is 56.6 Å². The Balaban J connectivity index is 0.000000333. The van der Waals surface area contributed by atoms with Crippen LogP contribution >= 0.6 is 0 Å². The van der Waals surface area contributed by atoms with E-state index < -0.39 is 0 Å². The van der Waals surface area contributed by atoms with Crippen molar-refractivity contribution in [3.63, 3.8) is 0 Å². The summed E-state index contributed by atoms with van der Waals surface area (Å²) in [7, 11) is 0. The Morgan fingerprint density at radius 2 is 0.769 bits per heavy atom. The maximum atomic E-state index is 4.58. The first kappa shape index (κ1) is 50.1. The molecule has 65 heavy (non-hydrogen) atoms. The molecule has 12 heteroatoms. The quantitative estimate of drug-likeness (QED) is 0.0921. The van der Waals surface area contributed by atoms with Crippen molar-refractivity contribution >= 4 is 0 Å². The zero-order valence-corrected chi connectivity index (χ0v) is 42.5. The topological polar surface area (TPSA) is 125 Å². The third-order valence-corrected chi connectivity index (χ3v) is 15.5. The van der Waals surface area contributed by atoms with Crippen LogP contribution in [0.3, 0.4) is 0 Å². The number of hydrogen-bond donors (Lipinski definition) is 4. The summed E-state index contributed by atoms with van der Waals surface area (Å²) in [6, 6.07) is 18.2. The molecule has 0 saturated heterocycles. The zero-order chi connectivity index (χ0) is 45.6. The van der Waals surface area contributed by atoms with E-state index in [9.17, 15) is 0 Å². The van der Waals surface area contributed by atoms with Crippen molar-refractivity contribution in [2.24, 2.45) is 0 Å². The predicted molar refractivity (Wildman–Crippen MR) is 261 cm³/mol. The van der Waals surface area contributed by atoms with Crippen LogP contribution in [-0.4, -0.2) is 80.6 Å². The van der Waals surface area contributed by atoms with Crippen LogP contribution in [0.15, 0.2) is 60.9 Å². The first-order valence-electron chi connectivity index (χ1n) is 25.1. The van der Waals surface area contributed by atoms with Crippen molar-refractivity contribution in [1.82, 2.24) is 49.9 Å². The Bertz CT molecular complexity index is 2090. The standard InChI is InChI=1S/C37H46N10.C16H36N.ClH/c1-34(2)26-8-12-30(38-26)36(5)18-16-24-22-46(44-42-24)20-7-21-47-23-25(43-45-47)17-19-37(6,31-13-9-27(34)39-31)33-15-11-29(41-33)35(3,4)28-10-14-32(36)40-28;1-5-9-13-17(14-10-6-2,15-11-7-3)16-12-8-4;/h8-15,22-23,38-41H,7,16-21H2,1-6H3;5-16H2,1-4H3;1H/q;+1;/p-1. The van der Waals surface area contributed by atoms with Gasteiger partial charge in [-0.25, -0.2) is 0 Å². The van der Waals surface area contributed by atoms with Crippen LogP contribution in [0.25, 0.3) is 0 Å². The van der Waals surface area contributed by atoms with Crippen LogP contribution in [0.1, 0.15) is 197 Å². The summed E-state index contributed by atoms with van der Waals surface area (Å²) in [4.78, 5) is 15.7. The van der Waals surface area contributed by atoms with Gasteiger partial charge in [-0.05, 0) is 148 Å². The first-order chi connectivity index (χ1) is 30.7. The molecule has 0 spiro atoms. The molecule has 0 radical (unpaired) electrons. The number of halogens is 1. The molecule has 0 saturated carbocycles. The average molecular weight is 909 g/mol. The van der Waals surface area contributed by atoms with Crippen molar-refractivity contribution in [3.05, 3.63) is 118 Å². The van der Waals surface area contributed by atoms with Gasteiger partial charge in [-0.1, -0.05) is 63.8 Å². The van der Waals surface area contributed by atoms with Gasteiger partial charge in [0.05, 0.1) is 37.6 Å². The van der Waals surface area contributed by atoms with Crippen molar-refractivity contribution in [3.8, 4) is 0 Å². The molecule has 3 aliphatic rings. The van der Waals surface area contributed by atoms with Gasteiger partial charge in [0.2, 0.25) is 0 Å². The molecular formula is C53H82ClN11. The lowest BCUT2D eigenvalue weighted by Crippen LogP contribution is -3.00. The molecule has 9 heterocycles. The van der Waals surface area contributed by atoms with Crippen LogP contribution in [0.4, 0.5) is 0 Å². The van der Waals surface area contributed by atoms with Crippen LogP contribution in [0.5, 0.6) is 0 Å². The van der Waals surface area contributed by atoms with Crippen molar-refractivity contribution in [1.29, 1.82) is 0 Å². The molecule has 14 bridgehead atoms. The number of aromatic amines is 4. The lowest BCUT2D eigenvalue weighted by molar-refractivity contribution is -0.929. The van der Waals surface area contributed by atoms with Gasteiger partial charge in [0.15, 0.2) is 0 Å². The fraction of sp³-hybridized carbons (Fsp3) is 0.623. The lowest BCUT2D eigenvalue weighted by Gasteiger charge is -2.39. The lowest BCUT2D eigenvalue weighted by atomic mass is 9.78. The first-order valence-corrected chi connectivity index (χ1v) is 25.1. The molecule has 356 valence electrons. The second kappa shape index (κ2) is 21.1. The van der Waals surface area contributed by atoms with Crippen LogP contribution < -0.4 is 12.4 Å². The van der Waals surface area contributed by atoms with Gasteiger partial charge in [-0.2, -0.15) is 0 Å². The fourth-order valence-electron chi connectivity index (χ4n) is 10.4. The number of nitrogens with one attached hydrogen (secondary N) is 4. The largest absolute Gasteiger partial charge is 1.00 e. The summed E-state index contributed by atoms with van der Waals surface area (Å²) in [6.07, 6.45) is 19.5. The Kier molecular flexibility index (Phi) is 16.2. The molecule has 0 unspecified atom stereocenters. The van der Waals surface area contributed by atoms with Crippen molar-refractivity contribution in [2.75, 3.05) is 26.2 Å². The molecule has 3 aliphatic heterocycles. The Morgan fingerprint density at radius 1 is 0.477 bits per heavy atom. The Morgan fingerprint density at radius 3 is 1.06 bits per heavy atom. The van der Waals surface area contributed by atoms with Gasteiger partial charge in [0.1, 0.15) is 0 Å². The minimum atomic E-state index is -0.314. The summed E-state index contributed by atoms with van der Waals surface area (Å²) in [5.41, 5.74) is 10.3. The van der Waals surface area contributed by atoms with Crippen LogP contribution in [-0.2, 0) is 47.6 Å². The highest BCUT2D eigenvalue weighted by atomic mass is 35.5. The summed E-state index contributed by atoms with van der Waals surface area (Å²) >= 11 is 0. The Labute approximate surface area is 396 Å². The van der Waals surface area contributed by atoms with E-state index in [0.29, 0.717) is 0 Å². The second-order valence-corrected chi connectivity index (χ2v) is 21.0. The normalized spacial score (nSPS) is 20.4. The van der Waals surface area contributed by atoms with Crippen molar-refractivity contribution in [2.45, 2.75) is 187 Å². The van der Waals surface area contributed by atoms with Gasteiger partial charge in [0, 0.05) is 92.7 Å². The van der Waals surface area contributed by atoms with E-state index in [4.69, 9.17) is 0 Å². The molecule has 0 aromatic carbocycles. The second-order valence-electron chi connectivity index (χ2n) is 21.0. The van der Waals surface area contributed by atoms with Gasteiger partial charge < -0.3 is 36.8 Å². The number of aryl methyl sites for hydroxylation is 4. The van der Waals surface area contributed by atoms with Crippen LogP contribution in [0.2, 0.25) is 0 Å². The molecule has 11 nitrogen and oxygen atoms in total.